The number of nitrogens with one attached hydrogen (secondary N) is 1. The number of carbonyl (C=O) groups is 1. The second-order valence-corrected chi connectivity index (χ2v) is 24.2. The van der Waals surface area contributed by atoms with Crippen LogP contribution in [0.3, 0.4) is 0 Å². The molecule has 3 atom stereocenters. The van der Waals surface area contributed by atoms with Gasteiger partial charge in [0, 0.05) is 6.42 Å². The summed E-state index contributed by atoms with van der Waals surface area (Å²) >= 11 is 0. The van der Waals surface area contributed by atoms with E-state index >= 15 is 0 Å². The molecule has 0 bridgehead atoms. The summed E-state index contributed by atoms with van der Waals surface area (Å²) in [5.41, 5.74) is 0. The number of hydrogen-bond acceptors (Lipinski definition) is 6. The van der Waals surface area contributed by atoms with Gasteiger partial charge in [0.15, 0.2) is 0 Å². The number of allylic oxidation sites excluding steroid dienone is 9. The van der Waals surface area contributed by atoms with Gasteiger partial charge in [0.2, 0.25) is 5.91 Å². The van der Waals surface area contributed by atoms with Gasteiger partial charge in [-0.05, 0) is 70.6 Å². The van der Waals surface area contributed by atoms with Crippen molar-refractivity contribution < 1.29 is 32.9 Å². The Balaban J connectivity index is 4.18. The van der Waals surface area contributed by atoms with Gasteiger partial charge in [-0.2, -0.15) is 0 Å². The molecule has 0 aromatic rings. The SMILES string of the molecule is CCCCCCC/C=C\C/C=C\C/C=C\CCCCCCCCC(=O)NC(COP(=O)([O-])OCC[N+](C)(C)C)C(O)/C=C/CC/C=C/CCCCCCCCCCCCCCCCCCCCCCCCCCC. The van der Waals surface area contributed by atoms with Crippen molar-refractivity contribution in [1.29, 1.82) is 0 Å². The van der Waals surface area contributed by atoms with Crippen molar-refractivity contribution in [2.75, 3.05) is 40.9 Å². The quantitative estimate of drug-likeness (QED) is 0.0272. The standard InChI is InChI=1S/C65H123N2O6P/c1-6-8-10-12-14-16-18-20-22-24-26-28-29-30-31-32-33-34-35-36-37-39-40-42-44-46-48-50-52-54-56-58-64(68)63(62-73-74(70,71)72-61-60-67(3,4)5)66-65(69)59-57-55-53-51-49-47-45-43-41-38-27-25-23-21-19-17-15-13-11-9-7-2/h19,21,25,27,41,43,48,50,56,58,63-64,68H,6-18,20,22-24,26,28-40,42,44-47,49,51-55,57,59-62H2,1-5H3,(H-,66,69,70,71)/b21-19-,27-25-,43-41-,50-48+,58-56+. The summed E-state index contributed by atoms with van der Waals surface area (Å²) in [5, 5.41) is 13.9. The molecular formula is C65H123N2O6P. The zero-order valence-electron chi connectivity index (χ0n) is 49.5. The van der Waals surface area contributed by atoms with Crippen molar-refractivity contribution in [3.05, 3.63) is 60.8 Å². The number of quaternary nitrogens is 1. The topological polar surface area (TPSA) is 108 Å². The molecule has 0 radical (unpaired) electrons. The van der Waals surface area contributed by atoms with E-state index < -0.39 is 26.6 Å². The number of amides is 1. The highest BCUT2D eigenvalue weighted by Crippen LogP contribution is 2.38. The smallest absolute Gasteiger partial charge is 0.268 e. The number of likely N-dealkylation sites (N-methyl/N-ethyl adjacent to an activating group) is 1. The molecule has 0 aliphatic carbocycles. The van der Waals surface area contributed by atoms with Crippen LogP contribution in [0.2, 0.25) is 0 Å². The highest BCUT2D eigenvalue weighted by molar-refractivity contribution is 7.45. The van der Waals surface area contributed by atoms with Gasteiger partial charge < -0.3 is 28.8 Å². The number of rotatable bonds is 58. The molecular weight excluding hydrogens is 936 g/mol. The largest absolute Gasteiger partial charge is 0.756 e. The molecule has 9 heteroatoms. The summed E-state index contributed by atoms with van der Waals surface area (Å²) in [5.74, 6) is -0.218. The third-order valence-electron chi connectivity index (χ3n) is 14.2. The average Bonchev–Trinajstić information content (AvgIpc) is 3.36. The maximum Gasteiger partial charge on any atom is 0.268 e. The number of aliphatic hydroxyl groups is 1. The molecule has 0 aromatic heterocycles. The van der Waals surface area contributed by atoms with Crippen LogP contribution in [0.5, 0.6) is 0 Å². The summed E-state index contributed by atoms with van der Waals surface area (Å²) in [7, 11) is 1.23. The van der Waals surface area contributed by atoms with Crippen molar-refractivity contribution >= 4 is 13.7 Å². The maximum atomic E-state index is 13.0. The number of hydrogen-bond donors (Lipinski definition) is 2. The van der Waals surface area contributed by atoms with Crippen LogP contribution in [0.1, 0.15) is 296 Å². The Kier molecular flexibility index (Phi) is 54.6. The molecule has 0 fully saturated rings. The van der Waals surface area contributed by atoms with Crippen LogP contribution >= 0.6 is 7.82 Å². The van der Waals surface area contributed by atoms with Crippen molar-refractivity contribution in [1.82, 2.24) is 5.32 Å². The third-order valence-corrected chi connectivity index (χ3v) is 15.2. The summed E-state index contributed by atoms with van der Waals surface area (Å²) in [6.45, 7) is 4.63. The number of unbranched alkanes of at least 4 members (excludes halogenated alkanes) is 37. The molecule has 0 saturated heterocycles. The summed E-state index contributed by atoms with van der Waals surface area (Å²) in [6, 6.07) is -0.914. The van der Waals surface area contributed by atoms with Crippen LogP contribution in [-0.2, 0) is 18.4 Å². The molecule has 0 aromatic carbocycles. The molecule has 0 saturated carbocycles. The van der Waals surface area contributed by atoms with Crippen LogP contribution in [-0.4, -0.2) is 68.5 Å². The summed E-state index contributed by atoms with van der Waals surface area (Å²) < 4.78 is 23.4. The molecule has 0 aliphatic heterocycles. The van der Waals surface area contributed by atoms with E-state index in [0.717, 1.165) is 64.2 Å². The molecule has 2 N–H and O–H groups in total. The van der Waals surface area contributed by atoms with E-state index in [2.05, 4.69) is 67.8 Å². The first-order valence-electron chi connectivity index (χ1n) is 31.7. The normalized spacial score (nSPS) is 14.2. The molecule has 74 heavy (non-hydrogen) atoms. The Morgan fingerprint density at radius 3 is 1.19 bits per heavy atom. The first kappa shape index (κ1) is 72.2. The van der Waals surface area contributed by atoms with E-state index in [1.807, 2.05) is 27.2 Å². The molecule has 0 heterocycles. The number of carbonyl (C=O) groups excluding carboxylic acids is 1. The zero-order chi connectivity index (χ0) is 54.2. The number of phosphoric ester groups is 1. The van der Waals surface area contributed by atoms with Crippen LogP contribution in [0.25, 0.3) is 0 Å². The van der Waals surface area contributed by atoms with Crippen molar-refractivity contribution in [3.8, 4) is 0 Å². The lowest BCUT2D eigenvalue weighted by Crippen LogP contribution is -2.45. The molecule has 0 rings (SSSR count). The summed E-state index contributed by atoms with van der Waals surface area (Å²) in [4.78, 5) is 25.5. The lowest BCUT2D eigenvalue weighted by atomic mass is 10.0. The van der Waals surface area contributed by atoms with Gasteiger partial charge in [-0.1, -0.05) is 280 Å². The molecule has 8 nitrogen and oxygen atoms in total. The minimum Gasteiger partial charge on any atom is -0.756 e. The lowest BCUT2D eigenvalue weighted by Gasteiger charge is -2.29. The van der Waals surface area contributed by atoms with Crippen LogP contribution < -0.4 is 10.2 Å². The Morgan fingerprint density at radius 2 is 0.797 bits per heavy atom. The Bertz CT molecular complexity index is 1390. The van der Waals surface area contributed by atoms with Crippen molar-refractivity contribution in [3.63, 3.8) is 0 Å². The van der Waals surface area contributed by atoms with Gasteiger partial charge in [-0.15, -0.1) is 0 Å². The van der Waals surface area contributed by atoms with Crippen LogP contribution in [0, 0.1) is 0 Å². The zero-order valence-corrected chi connectivity index (χ0v) is 50.4. The Morgan fingerprint density at radius 1 is 0.473 bits per heavy atom. The second-order valence-electron chi connectivity index (χ2n) is 22.8. The summed E-state index contributed by atoms with van der Waals surface area (Å²) in [6.07, 6.45) is 76.1. The van der Waals surface area contributed by atoms with Gasteiger partial charge >= 0.3 is 0 Å². The molecule has 3 unspecified atom stereocenters. The first-order chi connectivity index (χ1) is 36.0. The van der Waals surface area contributed by atoms with Gasteiger partial charge in [0.05, 0.1) is 39.9 Å². The number of aliphatic hydroxyl groups excluding tert-OH is 1. The highest BCUT2D eigenvalue weighted by Gasteiger charge is 2.23. The predicted octanol–water partition coefficient (Wildman–Crippen LogP) is 19.0. The molecule has 1 amide bonds. The molecule has 0 aliphatic rings. The number of nitrogens with zero attached hydrogens (tertiary/aromatic N) is 1. The molecule has 434 valence electrons. The van der Waals surface area contributed by atoms with Gasteiger partial charge in [0.25, 0.3) is 7.82 Å². The van der Waals surface area contributed by atoms with Crippen LogP contribution in [0.4, 0.5) is 0 Å². The van der Waals surface area contributed by atoms with Crippen molar-refractivity contribution in [2.24, 2.45) is 0 Å². The fourth-order valence-electron chi connectivity index (χ4n) is 9.24. The Hall–Kier alpha value is -1.80. The van der Waals surface area contributed by atoms with E-state index in [9.17, 15) is 19.4 Å². The second kappa shape index (κ2) is 55.9. The van der Waals surface area contributed by atoms with Crippen LogP contribution in [0.15, 0.2) is 60.8 Å². The fourth-order valence-corrected chi connectivity index (χ4v) is 9.96. The predicted molar refractivity (Wildman–Crippen MR) is 321 cm³/mol. The first-order valence-corrected chi connectivity index (χ1v) is 33.1. The van der Waals surface area contributed by atoms with E-state index in [0.29, 0.717) is 17.4 Å². The minimum atomic E-state index is -4.61. The monoisotopic (exact) mass is 1060 g/mol. The van der Waals surface area contributed by atoms with E-state index in [1.54, 1.807) is 6.08 Å². The van der Waals surface area contributed by atoms with Gasteiger partial charge in [-0.3, -0.25) is 9.36 Å². The van der Waals surface area contributed by atoms with E-state index in [4.69, 9.17) is 9.05 Å². The Labute approximate surface area is 460 Å². The lowest BCUT2D eigenvalue weighted by molar-refractivity contribution is -0.870. The fraction of sp³-hybridized carbons (Fsp3) is 0.831. The average molecular weight is 1060 g/mol. The third kappa shape index (κ3) is 57.9. The van der Waals surface area contributed by atoms with E-state index in [1.165, 1.54) is 212 Å². The van der Waals surface area contributed by atoms with Crippen molar-refractivity contribution in [2.45, 2.75) is 309 Å². The maximum absolute atomic E-state index is 13.0. The number of phosphoric acid groups is 1. The van der Waals surface area contributed by atoms with Gasteiger partial charge in [-0.25, -0.2) is 0 Å². The highest BCUT2D eigenvalue weighted by atomic mass is 31.2. The molecule has 0 spiro atoms. The van der Waals surface area contributed by atoms with Gasteiger partial charge in [0.1, 0.15) is 13.2 Å². The van der Waals surface area contributed by atoms with E-state index in [-0.39, 0.29) is 12.5 Å². The minimum absolute atomic E-state index is 0.0110.